The molecule has 0 aliphatic heterocycles. The topological polar surface area (TPSA) is 62.3 Å². The van der Waals surface area contributed by atoms with E-state index in [1.807, 2.05) is 19.9 Å². The van der Waals surface area contributed by atoms with Crippen molar-refractivity contribution < 1.29 is 8.42 Å². The Morgan fingerprint density at radius 1 is 1.35 bits per heavy atom. The Bertz CT molecular complexity index is 524. The molecule has 0 unspecified atom stereocenters. The summed E-state index contributed by atoms with van der Waals surface area (Å²) in [6.45, 7) is 5.58. The van der Waals surface area contributed by atoms with Crippen molar-refractivity contribution in [1.29, 1.82) is 0 Å². The smallest absolute Gasteiger partial charge is 0.260 e. The minimum atomic E-state index is -3.45. The van der Waals surface area contributed by atoms with Crippen molar-refractivity contribution in [3.8, 4) is 0 Å². The van der Waals surface area contributed by atoms with Gasteiger partial charge in [-0.2, -0.15) is 4.31 Å². The molecule has 0 aromatic carbocycles. The Kier molecular flexibility index (Phi) is 5.12. The minimum Gasteiger partial charge on any atom is -0.310 e. The van der Waals surface area contributed by atoms with Gasteiger partial charge in [-0.25, -0.2) is 13.4 Å². The van der Waals surface area contributed by atoms with E-state index in [2.05, 4.69) is 10.3 Å². The maximum atomic E-state index is 12.4. The summed E-state index contributed by atoms with van der Waals surface area (Å²) in [4.78, 5) is 4.13. The lowest BCUT2D eigenvalue weighted by Crippen LogP contribution is -2.32. The normalized spacial score (nSPS) is 15.8. The van der Waals surface area contributed by atoms with Crippen LogP contribution in [-0.2, 0) is 16.6 Å². The SMILES string of the molecule is CCCN(CC)S(=O)(=O)c1ccc(CNC2CC2)cn1. The molecule has 0 radical (unpaired) electrons. The van der Waals surface area contributed by atoms with Crippen molar-refractivity contribution in [2.45, 2.75) is 50.7 Å². The lowest BCUT2D eigenvalue weighted by Gasteiger charge is -2.19. The minimum absolute atomic E-state index is 0.142. The Balaban J connectivity index is 2.06. The number of aromatic nitrogens is 1. The van der Waals surface area contributed by atoms with Crippen molar-refractivity contribution in [2.75, 3.05) is 13.1 Å². The monoisotopic (exact) mass is 297 g/mol. The van der Waals surface area contributed by atoms with Crippen LogP contribution in [0, 0.1) is 0 Å². The molecule has 0 saturated heterocycles. The highest BCUT2D eigenvalue weighted by Crippen LogP contribution is 2.19. The summed E-state index contributed by atoms with van der Waals surface area (Å²) < 4.78 is 26.2. The maximum Gasteiger partial charge on any atom is 0.260 e. The van der Waals surface area contributed by atoms with Gasteiger partial charge in [-0.1, -0.05) is 19.9 Å². The van der Waals surface area contributed by atoms with Gasteiger partial charge in [-0.05, 0) is 30.9 Å². The first-order valence-electron chi connectivity index (χ1n) is 7.26. The molecule has 1 fully saturated rings. The number of nitrogens with zero attached hydrogens (tertiary/aromatic N) is 2. The summed E-state index contributed by atoms with van der Waals surface area (Å²) in [5.74, 6) is 0. The molecular weight excluding hydrogens is 274 g/mol. The second-order valence-electron chi connectivity index (χ2n) is 5.16. The molecule has 1 N–H and O–H groups in total. The Morgan fingerprint density at radius 2 is 2.10 bits per heavy atom. The van der Waals surface area contributed by atoms with Crippen LogP contribution in [0.15, 0.2) is 23.4 Å². The number of nitrogens with one attached hydrogen (secondary N) is 1. The van der Waals surface area contributed by atoms with Gasteiger partial charge in [-0.3, -0.25) is 0 Å². The summed E-state index contributed by atoms with van der Waals surface area (Å²) in [5.41, 5.74) is 1.02. The highest BCUT2D eigenvalue weighted by Gasteiger charge is 2.24. The molecule has 6 heteroatoms. The third-order valence-electron chi connectivity index (χ3n) is 3.40. The van der Waals surface area contributed by atoms with Gasteiger partial charge in [0.25, 0.3) is 10.0 Å². The van der Waals surface area contributed by atoms with Crippen LogP contribution in [-0.4, -0.2) is 36.8 Å². The summed E-state index contributed by atoms with van der Waals surface area (Å²) in [5, 5.41) is 3.53. The highest BCUT2D eigenvalue weighted by atomic mass is 32.2. The summed E-state index contributed by atoms with van der Waals surface area (Å²) in [6, 6.07) is 4.09. The van der Waals surface area contributed by atoms with E-state index in [1.54, 1.807) is 12.3 Å². The van der Waals surface area contributed by atoms with Crippen molar-refractivity contribution in [3.63, 3.8) is 0 Å². The Hall–Kier alpha value is -0.980. The molecule has 1 saturated carbocycles. The molecule has 1 aromatic rings. The molecule has 0 bridgehead atoms. The third kappa shape index (κ3) is 3.77. The molecule has 20 heavy (non-hydrogen) atoms. The number of pyridine rings is 1. The van der Waals surface area contributed by atoms with Crippen LogP contribution in [0.3, 0.4) is 0 Å². The first-order valence-corrected chi connectivity index (χ1v) is 8.70. The summed E-state index contributed by atoms with van der Waals surface area (Å²) in [6.07, 6.45) is 4.93. The van der Waals surface area contributed by atoms with Gasteiger partial charge in [0.1, 0.15) is 0 Å². The van der Waals surface area contributed by atoms with Gasteiger partial charge >= 0.3 is 0 Å². The zero-order valence-electron chi connectivity index (χ0n) is 12.2. The van der Waals surface area contributed by atoms with E-state index >= 15 is 0 Å². The summed E-state index contributed by atoms with van der Waals surface area (Å²) >= 11 is 0. The molecule has 5 nitrogen and oxygen atoms in total. The predicted molar refractivity (Wildman–Crippen MR) is 78.8 cm³/mol. The number of rotatable bonds is 8. The van der Waals surface area contributed by atoms with Crippen LogP contribution in [0.5, 0.6) is 0 Å². The lowest BCUT2D eigenvalue weighted by atomic mass is 10.3. The van der Waals surface area contributed by atoms with Crippen LogP contribution in [0.25, 0.3) is 0 Å². The largest absolute Gasteiger partial charge is 0.310 e. The van der Waals surface area contributed by atoms with Crippen LogP contribution in [0.4, 0.5) is 0 Å². The Morgan fingerprint density at radius 3 is 2.60 bits per heavy atom. The van der Waals surface area contributed by atoms with Gasteiger partial charge in [0.2, 0.25) is 0 Å². The fourth-order valence-corrected chi connectivity index (χ4v) is 3.50. The molecule has 112 valence electrons. The summed E-state index contributed by atoms with van der Waals surface area (Å²) in [7, 11) is -3.45. The van der Waals surface area contributed by atoms with Gasteiger partial charge in [0.05, 0.1) is 0 Å². The van der Waals surface area contributed by atoms with Crippen molar-refractivity contribution in [1.82, 2.24) is 14.6 Å². The molecule has 1 heterocycles. The lowest BCUT2D eigenvalue weighted by molar-refractivity contribution is 0.425. The number of hydrogen-bond acceptors (Lipinski definition) is 4. The van der Waals surface area contributed by atoms with Crippen LogP contribution in [0.2, 0.25) is 0 Å². The fourth-order valence-electron chi connectivity index (χ4n) is 2.05. The van der Waals surface area contributed by atoms with E-state index in [1.165, 1.54) is 17.1 Å². The van der Waals surface area contributed by atoms with Crippen molar-refractivity contribution >= 4 is 10.0 Å². The first-order chi connectivity index (χ1) is 9.57. The molecule has 2 rings (SSSR count). The van der Waals surface area contributed by atoms with Gasteiger partial charge in [0.15, 0.2) is 5.03 Å². The predicted octanol–water partition coefficient (Wildman–Crippen LogP) is 1.75. The van der Waals surface area contributed by atoms with Gasteiger partial charge < -0.3 is 5.32 Å². The first kappa shape index (κ1) is 15.4. The van der Waals surface area contributed by atoms with E-state index in [-0.39, 0.29) is 5.03 Å². The number of sulfonamides is 1. The molecule has 0 amide bonds. The maximum absolute atomic E-state index is 12.4. The average Bonchev–Trinajstić information content (AvgIpc) is 3.27. The van der Waals surface area contributed by atoms with Crippen LogP contribution >= 0.6 is 0 Å². The standard InChI is InChI=1S/C14H23N3O2S/c1-3-9-17(4-2)20(18,19)14-8-5-12(11-16-14)10-15-13-6-7-13/h5,8,11,13,15H,3-4,6-7,9-10H2,1-2H3. The Labute approximate surface area is 121 Å². The van der Waals surface area contributed by atoms with E-state index in [0.29, 0.717) is 19.1 Å². The molecular formula is C14H23N3O2S. The van der Waals surface area contributed by atoms with E-state index in [9.17, 15) is 8.42 Å². The van der Waals surface area contributed by atoms with Crippen LogP contribution in [0.1, 0.15) is 38.7 Å². The van der Waals surface area contributed by atoms with Gasteiger partial charge in [-0.15, -0.1) is 0 Å². The van der Waals surface area contributed by atoms with Gasteiger partial charge in [0, 0.05) is 31.9 Å². The van der Waals surface area contributed by atoms with E-state index < -0.39 is 10.0 Å². The molecule has 1 aliphatic rings. The fraction of sp³-hybridized carbons (Fsp3) is 0.643. The number of hydrogen-bond donors (Lipinski definition) is 1. The zero-order chi connectivity index (χ0) is 14.6. The molecule has 1 aromatic heterocycles. The van der Waals surface area contributed by atoms with Crippen LogP contribution < -0.4 is 5.32 Å². The molecule has 0 atom stereocenters. The molecule has 0 spiro atoms. The second kappa shape index (κ2) is 6.65. The van der Waals surface area contributed by atoms with Crippen molar-refractivity contribution in [2.24, 2.45) is 0 Å². The second-order valence-corrected chi connectivity index (χ2v) is 7.04. The van der Waals surface area contributed by atoms with E-state index in [0.717, 1.165) is 18.5 Å². The molecule has 1 aliphatic carbocycles. The highest BCUT2D eigenvalue weighted by molar-refractivity contribution is 7.89. The average molecular weight is 297 g/mol. The zero-order valence-corrected chi connectivity index (χ0v) is 13.0. The quantitative estimate of drug-likeness (QED) is 0.794. The van der Waals surface area contributed by atoms with Crippen molar-refractivity contribution in [3.05, 3.63) is 23.9 Å². The third-order valence-corrected chi connectivity index (χ3v) is 5.29. The van der Waals surface area contributed by atoms with E-state index in [4.69, 9.17) is 0 Å².